The van der Waals surface area contributed by atoms with Crippen molar-refractivity contribution in [1.29, 1.82) is 0 Å². The van der Waals surface area contributed by atoms with Gasteiger partial charge in [0.1, 0.15) is 12.4 Å². The lowest BCUT2D eigenvalue weighted by Crippen LogP contribution is -2.35. The van der Waals surface area contributed by atoms with Crippen molar-refractivity contribution in [2.45, 2.75) is 13.0 Å². The van der Waals surface area contributed by atoms with Gasteiger partial charge in [0.25, 0.3) is 0 Å². The van der Waals surface area contributed by atoms with Crippen molar-refractivity contribution in [2.24, 2.45) is 0 Å². The molecule has 2 heterocycles. The summed E-state index contributed by atoms with van der Waals surface area (Å²) in [6.07, 6.45) is 5.93. The second kappa shape index (κ2) is 8.65. The summed E-state index contributed by atoms with van der Waals surface area (Å²) in [6.45, 7) is 1.34. The molecule has 1 aliphatic rings. The minimum absolute atomic E-state index is 0.269. The largest absolute Gasteiger partial charge is 0.445 e. The zero-order chi connectivity index (χ0) is 20.1. The number of ether oxygens (including phenoxy) is 1. The number of hydrogen-bond acceptors (Lipinski definition) is 4. The van der Waals surface area contributed by atoms with Crippen LogP contribution in [0.5, 0.6) is 0 Å². The average molecular weight is 389 g/mol. The number of carbonyl (C=O) groups is 1. The Morgan fingerprint density at radius 2 is 1.72 bits per heavy atom. The van der Waals surface area contributed by atoms with Crippen LogP contribution in [0.15, 0.2) is 73.1 Å². The normalized spacial score (nSPS) is 13.7. The molecule has 29 heavy (non-hydrogen) atoms. The third-order valence-corrected chi connectivity index (χ3v) is 4.80. The summed E-state index contributed by atoms with van der Waals surface area (Å²) in [5.41, 5.74) is 3.76. The molecule has 3 aromatic rings. The predicted molar refractivity (Wildman–Crippen MR) is 108 cm³/mol. The summed E-state index contributed by atoms with van der Waals surface area (Å²) < 4.78 is 18.4. The van der Waals surface area contributed by atoms with Crippen LogP contribution in [0.25, 0.3) is 17.0 Å². The molecule has 2 aromatic carbocycles. The second-order valence-corrected chi connectivity index (χ2v) is 6.77. The SMILES string of the molecule is O=C(OCc1ccccc1)N1CC=C(c2cnc(-c3ccc(F)cc3)nc2)CC1. The molecule has 0 radical (unpaired) electrons. The molecule has 0 spiro atoms. The van der Waals surface area contributed by atoms with E-state index in [1.54, 1.807) is 29.4 Å². The van der Waals surface area contributed by atoms with E-state index in [0.717, 1.165) is 22.3 Å². The smallest absolute Gasteiger partial charge is 0.410 e. The number of amides is 1. The maximum absolute atomic E-state index is 13.0. The number of hydrogen-bond donors (Lipinski definition) is 0. The Bertz CT molecular complexity index is 1000. The van der Waals surface area contributed by atoms with Crippen molar-refractivity contribution >= 4 is 11.7 Å². The summed E-state index contributed by atoms with van der Waals surface area (Å²) in [6, 6.07) is 15.7. The highest BCUT2D eigenvalue weighted by atomic mass is 19.1. The maximum Gasteiger partial charge on any atom is 0.410 e. The molecule has 0 N–H and O–H groups in total. The quantitative estimate of drug-likeness (QED) is 0.649. The number of halogens is 1. The van der Waals surface area contributed by atoms with Gasteiger partial charge in [-0.1, -0.05) is 36.4 Å². The lowest BCUT2D eigenvalue weighted by molar-refractivity contribution is 0.0998. The Balaban J connectivity index is 1.35. The molecular formula is C23H20FN3O2. The number of nitrogens with zero attached hydrogens (tertiary/aromatic N) is 3. The van der Waals surface area contributed by atoms with Gasteiger partial charge in [-0.2, -0.15) is 0 Å². The molecule has 5 nitrogen and oxygen atoms in total. The topological polar surface area (TPSA) is 55.3 Å². The van der Waals surface area contributed by atoms with Crippen LogP contribution in [0.4, 0.5) is 9.18 Å². The Labute approximate surface area is 168 Å². The Morgan fingerprint density at radius 3 is 2.38 bits per heavy atom. The first-order valence-electron chi connectivity index (χ1n) is 9.42. The van der Waals surface area contributed by atoms with E-state index in [-0.39, 0.29) is 18.5 Å². The van der Waals surface area contributed by atoms with Crippen LogP contribution in [0.2, 0.25) is 0 Å². The Morgan fingerprint density at radius 1 is 1.00 bits per heavy atom. The summed E-state index contributed by atoms with van der Waals surface area (Å²) in [7, 11) is 0. The molecule has 0 aliphatic carbocycles. The molecule has 0 saturated heterocycles. The highest BCUT2D eigenvalue weighted by molar-refractivity contribution is 5.72. The number of benzene rings is 2. The number of rotatable bonds is 4. The van der Waals surface area contributed by atoms with E-state index in [0.29, 0.717) is 25.3 Å². The first-order chi connectivity index (χ1) is 14.2. The molecular weight excluding hydrogens is 369 g/mol. The zero-order valence-electron chi connectivity index (χ0n) is 15.8. The van der Waals surface area contributed by atoms with E-state index < -0.39 is 0 Å². The molecule has 0 bridgehead atoms. The van der Waals surface area contributed by atoms with E-state index in [1.807, 2.05) is 36.4 Å². The summed E-state index contributed by atoms with van der Waals surface area (Å²) in [4.78, 5) is 22.7. The van der Waals surface area contributed by atoms with Crippen molar-refractivity contribution in [3.63, 3.8) is 0 Å². The first-order valence-corrected chi connectivity index (χ1v) is 9.42. The van der Waals surface area contributed by atoms with Gasteiger partial charge in [0.2, 0.25) is 0 Å². The van der Waals surface area contributed by atoms with Crippen LogP contribution in [-0.4, -0.2) is 34.1 Å². The molecule has 1 aromatic heterocycles. The van der Waals surface area contributed by atoms with E-state index in [1.165, 1.54) is 12.1 Å². The van der Waals surface area contributed by atoms with Crippen LogP contribution in [-0.2, 0) is 11.3 Å². The summed E-state index contributed by atoms with van der Waals surface area (Å²) in [5, 5.41) is 0. The number of aromatic nitrogens is 2. The van der Waals surface area contributed by atoms with Crippen LogP contribution in [0.1, 0.15) is 17.5 Å². The Kier molecular flexibility index (Phi) is 5.61. The van der Waals surface area contributed by atoms with Gasteiger partial charge in [0.15, 0.2) is 5.82 Å². The van der Waals surface area contributed by atoms with E-state index in [9.17, 15) is 9.18 Å². The van der Waals surface area contributed by atoms with Crippen molar-refractivity contribution in [2.75, 3.05) is 13.1 Å². The van der Waals surface area contributed by atoms with Crippen molar-refractivity contribution in [1.82, 2.24) is 14.9 Å². The standard InChI is InChI=1S/C23H20FN3O2/c24-21-8-6-19(7-9-21)22-25-14-20(15-26-22)18-10-12-27(13-11-18)23(28)29-16-17-4-2-1-3-5-17/h1-10,14-15H,11-13,16H2. The monoisotopic (exact) mass is 389 g/mol. The first kappa shape index (κ1) is 18.8. The van der Waals surface area contributed by atoms with E-state index in [2.05, 4.69) is 9.97 Å². The molecule has 0 saturated carbocycles. The van der Waals surface area contributed by atoms with E-state index in [4.69, 9.17) is 4.74 Å². The lowest BCUT2D eigenvalue weighted by Gasteiger charge is -2.25. The third kappa shape index (κ3) is 4.66. The van der Waals surface area contributed by atoms with Gasteiger partial charge < -0.3 is 9.64 Å². The highest BCUT2D eigenvalue weighted by Gasteiger charge is 2.19. The fourth-order valence-corrected chi connectivity index (χ4v) is 3.15. The molecule has 0 atom stereocenters. The van der Waals surface area contributed by atoms with Gasteiger partial charge in [-0.25, -0.2) is 19.2 Å². The average Bonchev–Trinajstić information content (AvgIpc) is 2.79. The minimum atomic E-state index is -0.313. The van der Waals surface area contributed by atoms with Gasteiger partial charge in [-0.3, -0.25) is 0 Å². The van der Waals surface area contributed by atoms with Crippen molar-refractivity contribution < 1.29 is 13.9 Å². The lowest BCUT2D eigenvalue weighted by atomic mass is 10.0. The van der Waals surface area contributed by atoms with Crippen LogP contribution in [0, 0.1) is 5.82 Å². The molecule has 6 heteroatoms. The second-order valence-electron chi connectivity index (χ2n) is 6.77. The molecule has 0 unspecified atom stereocenters. The molecule has 1 amide bonds. The van der Waals surface area contributed by atoms with Crippen LogP contribution in [0.3, 0.4) is 0 Å². The van der Waals surface area contributed by atoms with Gasteiger partial charge >= 0.3 is 6.09 Å². The molecule has 4 rings (SSSR count). The zero-order valence-corrected chi connectivity index (χ0v) is 15.8. The van der Waals surface area contributed by atoms with E-state index >= 15 is 0 Å². The number of carbonyl (C=O) groups excluding carboxylic acids is 1. The van der Waals surface area contributed by atoms with Gasteiger partial charge in [0, 0.05) is 36.6 Å². The third-order valence-electron chi connectivity index (χ3n) is 4.80. The predicted octanol–water partition coefficient (Wildman–Crippen LogP) is 4.71. The molecule has 146 valence electrons. The highest BCUT2D eigenvalue weighted by Crippen LogP contribution is 2.23. The molecule has 0 fully saturated rings. The Hall–Kier alpha value is -3.54. The van der Waals surface area contributed by atoms with Gasteiger partial charge in [-0.15, -0.1) is 0 Å². The van der Waals surface area contributed by atoms with Gasteiger partial charge in [-0.05, 0) is 41.8 Å². The fourth-order valence-electron chi connectivity index (χ4n) is 3.15. The maximum atomic E-state index is 13.0. The molecule has 1 aliphatic heterocycles. The van der Waals surface area contributed by atoms with Crippen LogP contribution < -0.4 is 0 Å². The van der Waals surface area contributed by atoms with Crippen molar-refractivity contribution in [3.8, 4) is 11.4 Å². The summed E-state index contributed by atoms with van der Waals surface area (Å²) in [5.74, 6) is 0.265. The van der Waals surface area contributed by atoms with Crippen molar-refractivity contribution in [3.05, 3.63) is 90.0 Å². The minimum Gasteiger partial charge on any atom is -0.445 e. The fraction of sp³-hybridized carbons (Fsp3) is 0.174. The van der Waals surface area contributed by atoms with Gasteiger partial charge in [0.05, 0.1) is 0 Å². The van der Waals surface area contributed by atoms with Crippen LogP contribution >= 0.6 is 0 Å². The summed E-state index contributed by atoms with van der Waals surface area (Å²) >= 11 is 0.